The summed E-state index contributed by atoms with van der Waals surface area (Å²) in [5.74, 6) is 0. The lowest BCUT2D eigenvalue weighted by Crippen LogP contribution is -2.40. The maximum absolute atomic E-state index is 6.41. The third-order valence-electron chi connectivity index (χ3n) is 3.88. The molecule has 1 heterocycles. The highest BCUT2D eigenvalue weighted by molar-refractivity contribution is 6.35. The van der Waals surface area contributed by atoms with Crippen molar-refractivity contribution in [2.75, 3.05) is 11.9 Å². The molecule has 1 saturated carbocycles. The van der Waals surface area contributed by atoms with Gasteiger partial charge in [-0.25, -0.2) is 0 Å². The summed E-state index contributed by atoms with van der Waals surface area (Å²) >= 11 is 6.41. The second-order valence-electron chi connectivity index (χ2n) is 5.34. The SMILES string of the molecule is CCOC1CC(Nc2c(Cl)cc(C)c3ncccc23)C1. The maximum atomic E-state index is 6.41. The van der Waals surface area contributed by atoms with Crippen molar-refractivity contribution >= 4 is 28.2 Å². The molecular weight excluding hydrogens is 272 g/mol. The summed E-state index contributed by atoms with van der Waals surface area (Å²) in [4.78, 5) is 4.45. The van der Waals surface area contributed by atoms with Crippen LogP contribution in [0.25, 0.3) is 10.9 Å². The molecule has 1 aliphatic rings. The second kappa shape index (κ2) is 5.58. The number of aryl methyl sites for hydroxylation is 1. The summed E-state index contributed by atoms with van der Waals surface area (Å²) in [6, 6.07) is 6.45. The first-order valence-corrected chi connectivity index (χ1v) is 7.48. The fourth-order valence-electron chi connectivity index (χ4n) is 2.79. The van der Waals surface area contributed by atoms with E-state index in [2.05, 4.69) is 16.4 Å². The van der Waals surface area contributed by atoms with Gasteiger partial charge in [-0.15, -0.1) is 0 Å². The molecular formula is C16H19ClN2O. The third-order valence-corrected chi connectivity index (χ3v) is 4.18. The Labute approximate surface area is 124 Å². The monoisotopic (exact) mass is 290 g/mol. The van der Waals surface area contributed by atoms with E-state index < -0.39 is 0 Å². The van der Waals surface area contributed by atoms with E-state index in [1.807, 2.05) is 32.2 Å². The average Bonchev–Trinajstić information content (AvgIpc) is 2.40. The molecule has 0 bridgehead atoms. The van der Waals surface area contributed by atoms with Crippen LogP contribution in [0.5, 0.6) is 0 Å². The summed E-state index contributed by atoms with van der Waals surface area (Å²) in [5, 5.41) is 5.41. The molecule has 20 heavy (non-hydrogen) atoms. The number of aromatic nitrogens is 1. The zero-order chi connectivity index (χ0) is 14.1. The van der Waals surface area contributed by atoms with Crippen LogP contribution in [0.15, 0.2) is 24.4 Å². The molecule has 4 heteroatoms. The van der Waals surface area contributed by atoms with Gasteiger partial charge in [0.2, 0.25) is 0 Å². The van der Waals surface area contributed by atoms with Gasteiger partial charge in [0.05, 0.1) is 22.3 Å². The molecule has 3 nitrogen and oxygen atoms in total. The van der Waals surface area contributed by atoms with Crippen LogP contribution in [0.2, 0.25) is 5.02 Å². The predicted octanol–water partition coefficient (Wildman–Crippen LogP) is 4.18. The number of hydrogen-bond donors (Lipinski definition) is 1. The van der Waals surface area contributed by atoms with Gasteiger partial charge in [0.15, 0.2) is 0 Å². The van der Waals surface area contributed by atoms with Gasteiger partial charge in [0.1, 0.15) is 0 Å². The van der Waals surface area contributed by atoms with E-state index in [0.29, 0.717) is 12.1 Å². The molecule has 0 saturated heterocycles. The van der Waals surface area contributed by atoms with Gasteiger partial charge in [-0.3, -0.25) is 4.98 Å². The fourth-order valence-corrected chi connectivity index (χ4v) is 3.11. The molecule has 0 atom stereocenters. The molecule has 0 unspecified atom stereocenters. The van der Waals surface area contributed by atoms with E-state index in [1.54, 1.807) is 0 Å². The zero-order valence-corrected chi connectivity index (χ0v) is 12.6. The van der Waals surface area contributed by atoms with Gasteiger partial charge in [-0.2, -0.15) is 0 Å². The summed E-state index contributed by atoms with van der Waals surface area (Å²) in [6.07, 6.45) is 4.30. The first kappa shape index (κ1) is 13.7. The molecule has 3 rings (SSSR count). The van der Waals surface area contributed by atoms with Crippen LogP contribution in [-0.2, 0) is 4.74 Å². The van der Waals surface area contributed by atoms with E-state index in [0.717, 1.165) is 46.6 Å². The van der Waals surface area contributed by atoms with Gasteiger partial charge in [0, 0.05) is 24.2 Å². The average molecular weight is 291 g/mol. The highest BCUT2D eigenvalue weighted by atomic mass is 35.5. The molecule has 1 fully saturated rings. The molecule has 1 aromatic heterocycles. The predicted molar refractivity (Wildman–Crippen MR) is 83.5 cm³/mol. The summed E-state index contributed by atoms with van der Waals surface area (Å²) in [6.45, 7) is 4.87. The van der Waals surface area contributed by atoms with Crippen molar-refractivity contribution in [3.8, 4) is 0 Å². The van der Waals surface area contributed by atoms with E-state index in [-0.39, 0.29) is 0 Å². The van der Waals surface area contributed by atoms with E-state index in [4.69, 9.17) is 16.3 Å². The zero-order valence-electron chi connectivity index (χ0n) is 11.8. The number of nitrogens with one attached hydrogen (secondary N) is 1. The Kier molecular flexibility index (Phi) is 3.81. The summed E-state index contributed by atoms with van der Waals surface area (Å²) < 4.78 is 5.60. The number of halogens is 1. The first-order chi connectivity index (χ1) is 9.69. The van der Waals surface area contributed by atoms with Crippen LogP contribution in [-0.4, -0.2) is 23.7 Å². The third kappa shape index (κ3) is 2.48. The Morgan fingerprint density at radius 1 is 1.45 bits per heavy atom. The first-order valence-electron chi connectivity index (χ1n) is 7.11. The van der Waals surface area contributed by atoms with E-state index in [1.165, 1.54) is 0 Å². The van der Waals surface area contributed by atoms with Crippen molar-refractivity contribution in [1.29, 1.82) is 0 Å². The molecule has 2 aromatic rings. The molecule has 1 N–H and O–H groups in total. The van der Waals surface area contributed by atoms with Crippen LogP contribution in [0.4, 0.5) is 5.69 Å². The highest BCUT2D eigenvalue weighted by Gasteiger charge is 2.30. The quantitative estimate of drug-likeness (QED) is 0.917. The van der Waals surface area contributed by atoms with Gasteiger partial charge >= 0.3 is 0 Å². The minimum absolute atomic E-state index is 0.395. The van der Waals surface area contributed by atoms with E-state index in [9.17, 15) is 0 Å². The number of anilines is 1. The van der Waals surface area contributed by atoms with Gasteiger partial charge in [-0.1, -0.05) is 11.6 Å². The Hall–Kier alpha value is -1.32. The lowest BCUT2D eigenvalue weighted by Gasteiger charge is -2.36. The highest BCUT2D eigenvalue weighted by Crippen LogP contribution is 2.36. The lowest BCUT2D eigenvalue weighted by molar-refractivity contribution is 0.00302. The van der Waals surface area contributed by atoms with Crippen molar-refractivity contribution in [3.05, 3.63) is 35.0 Å². The minimum Gasteiger partial charge on any atom is -0.380 e. The number of hydrogen-bond acceptors (Lipinski definition) is 3. The fraction of sp³-hybridized carbons (Fsp3) is 0.438. The summed E-state index contributed by atoms with van der Waals surface area (Å²) in [7, 11) is 0. The maximum Gasteiger partial charge on any atom is 0.0752 e. The second-order valence-corrected chi connectivity index (χ2v) is 5.75. The normalized spacial score (nSPS) is 21.8. The molecule has 1 aromatic carbocycles. The minimum atomic E-state index is 0.395. The Bertz CT molecular complexity index is 623. The molecule has 0 amide bonds. The van der Waals surface area contributed by atoms with Gasteiger partial charge < -0.3 is 10.1 Å². The van der Waals surface area contributed by atoms with E-state index >= 15 is 0 Å². The Morgan fingerprint density at radius 2 is 2.25 bits per heavy atom. The van der Waals surface area contributed by atoms with Crippen LogP contribution in [0.3, 0.4) is 0 Å². The van der Waals surface area contributed by atoms with Crippen LogP contribution < -0.4 is 5.32 Å². The lowest BCUT2D eigenvalue weighted by atomic mass is 9.88. The van der Waals surface area contributed by atoms with Crippen molar-refractivity contribution in [1.82, 2.24) is 4.98 Å². The van der Waals surface area contributed by atoms with Crippen molar-refractivity contribution in [3.63, 3.8) is 0 Å². The molecule has 0 spiro atoms. The molecule has 106 valence electrons. The topological polar surface area (TPSA) is 34.1 Å². The largest absolute Gasteiger partial charge is 0.380 e. The van der Waals surface area contributed by atoms with Crippen LogP contribution >= 0.6 is 11.6 Å². The molecule has 0 aliphatic heterocycles. The van der Waals surface area contributed by atoms with Gasteiger partial charge in [0.25, 0.3) is 0 Å². The number of rotatable bonds is 4. The molecule has 0 radical (unpaired) electrons. The van der Waals surface area contributed by atoms with Crippen LogP contribution in [0.1, 0.15) is 25.3 Å². The van der Waals surface area contributed by atoms with Gasteiger partial charge in [-0.05, 0) is 50.5 Å². The number of nitrogens with zero attached hydrogens (tertiary/aromatic N) is 1. The number of pyridine rings is 1. The van der Waals surface area contributed by atoms with Crippen molar-refractivity contribution < 1.29 is 4.74 Å². The summed E-state index contributed by atoms with van der Waals surface area (Å²) in [5.41, 5.74) is 3.12. The molecule has 1 aliphatic carbocycles. The number of benzene rings is 1. The van der Waals surface area contributed by atoms with Crippen molar-refractivity contribution in [2.45, 2.75) is 38.8 Å². The number of ether oxygens (including phenoxy) is 1. The standard InChI is InChI=1S/C16H19ClN2O/c1-3-20-12-8-11(9-12)19-16-13-5-4-6-18-15(13)10(2)7-14(16)17/h4-7,11-12,19H,3,8-9H2,1-2H3. The van der Waals surface area contributed by atoms with Crippen molar-refractivity contribution in [2.24, 2.45) is 0 Å². The smallest absolute Gasteiger partial charge is 0.0752 e. The Balaban J connectivity index is 1.85. The Morgan fingerprint density at radius 3 is 3.00 bits per heavy atom. The number of fused-ring (bicyclic) bond motifs is 1. The van der Waals surface area contributed by atoms with Crippen LogP contribution in [0, 0.1) is 6.92 Å².